The average molecular weight is 367 g/mol. The number of thiophene rings is 1. The zero-order valence-corrected chi connectivity index (χ0v) is 13.2. The van der Waals surface area contributed by atoms with Crippen LogP contribution in [-0.4, -0.2) is 7.05 Å². The predicted molar refractivity (Wildman–Crippen MR) is 80.4 cm³/mol. The van der Waals surface area contributed by atoms with Gasteiger partial charge in [0, 0.05) is 17.3 Å². The molecule has 0 N–H and O–H groups in total. The Labute approximate surface area is 127 Å². The molecular weight excluding hydrogens is 356 g/mol. The third-order valence-electron chi connectivity index (χ3n) is 2.63. The van der Waals surface area contributed by atoms with Gasteiger partial charge < -0.3 is 4.90 Å². The first-order valence-corrected chi connectivity index (χ1v) is 7.82. The summed E-state index contributed by atoms with van der Waals surface area (Å²) in [7, 11) is 1.66. The number of nitrogens with zero attached hydrogens (tertiary/aromatic N) is 1. The number of hydrogen-bond donors (Lipinski definition) is 0. The van der Waals surface area contributed by atoms with Crippen molar-refractivity contribution in [2.45, 2.75) is 11.9 Å². The molecule has 0 aliphatic rings. The average Bonchev–Trinajstić information content (AvgIpc) is 2.73. The molecule has 1 nitrogen and oxygen atoms in total. The molecule has 0 saturated carbocycles. The number of anilines is 1. The maximum Gasteiger partial charge on any atom is 0.149 e. The van der Waals surface area contributed by atoms with Crippen LogP contribution in [0.3, 0.4) is 0 Å². The van der Waals surface area contributed by atoms with Gasteiger partial charge in [-0.2, -0.15) is 0 Å². The molecule has 0 fully saturated rings. The summed E-state index contributed by atoms with van der Waals surface area (Å²) < 4.78 is 28.5. The lowest BCUT2D eigenvalue weighted by Gasteiger charge is -2.20. The molecule has 2 aromatic rings. The fraction of sp³-hybridized carbons (Fsp3) is 0.231. The molecule has 0 amide bonds. The van der Waals surface area contributed by atoms with E-state index in [1.807, 2.05) is 6.07 Å². The maximum absolute atomic E-state index is 13.9. The van der Waals surface area contributed by atoms with Gasteiger partial charge in [-0.05, 0) is 29.8 Å². The molecule has 19 heavy (non-hydrogen) atoms. The molecule has 0 aliphatic heterocycles. The SMILES string of the molecule is CN(Cc1ccc(Cl)s1)c1c(F)cc(CBr)cc1F. The van der Waals surface area contributed by atoms with Crippen LogP contribution in [0.1, 0.15) is 10.4 Å². The zero-order valence-electron chi connectivity index (χ0n) is 10.1. The molecule has 0 bridgehead atoms. The van der Waals surface area contributed by atoms with Crippen molar-refractivity contribution in [3.63, 3.8) is 0 Å². The third-order valence-corrected chi connectivity index (χ3v) is 4.50. The van der Waals surface area contributed by atoms with Crippen LogP contribution >= 0.6 is 38.9 Å². The molecule has 6 heteroatoms. The van der Waals surface area contributed by atoms with Gasteiger partial charge in [0.25, 0.3) is 0 Å². The quantitative estimate of drug-likeness (QED) is 0.671. The third kappa shape index (κ3) is 3.46. The summed E-state index contributed by atoms with van der Waals surface area (Å²) in [5.41, 5.74) is 0.556. The zero-order chi connectivity index (χ0) is 14.0. The molecule has 0 atom stereocenters. The lowest BCUT2D eigenvalue weighted by atomic mass is 10.2. The van der Waals surface area contributed by atoms with E-state index in [9.17, 15) is 8.78 Å². The molecule has 1 heterocycles. The first kappa shape index (κ1) is 14.8. The summed E-state index contributed by atoms with van der Waals surface area (Å²) >= 11 is 10.4. The summed E-state index contributed by atoms with van der Waals surface area (Å²) in [5, 5.41) is 0.422. The molecular formula is C13H11BrClF2NS. The summed E-state index contributed by atoms with van der Waals surface area (Å²) in [6.07, 6.45) is 0. The van der Waals surface area contributed by atoms with Crippen molar-refractivity contribution in [1.29, 1.82) is 0 Å². The second-order valence-corrected chi connectivity index (χ2v) is 6.46. The molecule has 2 rings (SSSR count). The maximum atomic E-state index is 13.9. The van der Waals surface area contributed by atoms with E-state index in [0.29, 0.717) is 21.8 Å². The summed E-state index contributed by atoms with van der Waals surface area (Å²) in [4.78, 5) is 2.50. The molecule has 0 unspecified atom stereocenters. The number of hydrogen-bond acceptors (Lipinski definition) is 2. The van der Waals surface area contributed by atoms with Gasteiger partial charge in [0.05, 0.1) is 10.9 Å². The molecule has 0 radical (unpaired) electrons. The van der Waals surface area contributed by atoms with Crippen molar-refractivity contribution >= 4 is 44.6 Å². The van der Waals surface area contributed by atoms with E-state index < -0.39 is 11.6 Å². The minimum Gasteiger partial charge on any atom is -0.365 e. The van der Waals surface area contributed by atoms with Crippen LogP contribution in [-0.2, 0) is 11.9 Å². The summed E-state index contributed by atoms with van der Waals surface area (Å²) in [6.45, 7) is 0.416. The van der Waals surface area contributed by atoms with Gasteiger partial charge in [-0.1, -0.05) is 27.5 Å². The highest BCUT2D eigenvalue weighted by molar-refractivity contribution is 9.08. The van der Waals surface area contributed by atoms with Gasteiger partial charge in [-0.3, -0.25) is 0 Å². The smallest absolute Gasteiger partial charge is 0.149 e. The van der Waals surface area contributed by atoms with Crippen LogP contribution in [0.5, 0.6) is 0 Å². The Bertz CT molecular complexity index is 565. The van der Waals surface area contributed by atoms with E-state index in [0.717, 1.165) is 4.88 Å². The van der Waals surface area contributed by atoms with Crippen molar-refractivity contribution in [3.05, 3.63) is 50.7 Å². The fourth-order valence-corrected chi connectivity index (χ4v) is 3.27. The van der Waals surface area contributed by atoms with Gasteiger partial charge in [0.1, 0.15) is 17.3 Å². The number of halogens is 4. The Balaban J connectivity index is 2.26. The van der Waals surface area contributed by atoms with E-state index >= 15 is 0 Å². The van der Waals surface area contributed by atoms with Crippen molar-refractivity contribution in [2.75, 3.05) is 11.9 Å². The molecule has 0 aliphatic carbocycles. The summed E-state index contributed by atoms with van der Waals surface area (Å²) in [5.74, 6) is -1.11. The molecule has 1 aromatic heterocycles. The fourth-order valence-electron chi connectivity index (χ4n) is 1.81. The standard InChI is InChI=1S/C13H11BrClF2NS/c1-18(7-9-2-3-12(15)19-9)13-10(16)4-8(6-14)5-11(13)17/h2-5H,6-7H2,1H3. The van der Waals surface area contributed by atoms with Crippen molar-refractivity contribution in [3.8, 4) is 0 Å². The van der Waals surface area contributed by atoms with Crippen LogP contribution in [0.15, 0.2) is 24.3 Å². The first-order valence-electron chi connectivity index (χ1n) is 5.50. The normalized spacial score (nSPS) is 10.8. The van der Waals surface area contributed by atoms with Crippen molar-refractivity contribution in [2.24, 2.45) is 0 Å². The largest absolute Gasteiger partial charge is 0.365 e. The van der Waals surface area contributed by atoms with Crippen molar-refractivity contribution < 1.29 is 8.78 Å². The first-order chi connectivity index (χ1) is 9.01. The van der Waals surface area contributed by atoms with Crippen LogP contribution in [0.4, 0.5) is 14.5 Å². The predicted octanol–water partition coefficient (Wildman–Crippen LogP) is 5.21. The Hall–Kier alpha value is -0.650. The van der Waals surface area contributed by atoms with Crippen LogP contribution in [0.25, 0.3) is 0 Å². The molecule has 1 aromatic carbocycles. The second kappa shape index (κ2) is 6.20. The minimum atomic E-state index is -0.556. The van der Waals surface area contributed by atoms with Crippen LogP contribution in [0, 0.1) is 11.6 Å². The van der Waals surface area contributed by atoms with Crippen molar-refractivity contribution in [1.82, 2.24) is 0 Å². The molecule has 102 valence electrons. The van der Waals surface area contributed by atoms with Crippen LogP contribution in [0.2, 0.25) is 4.34 Å². The van der Waals surface area contributed by atoms with E-state index in [4.69, 9.17) is 11.6 Å². The van der Waals surface area contributed by atoms with E-state index in [-0.39, 0.29) is 5.69 Å². The van der Waals surface area contributed by atoms with Crippen LogP contribution < -0.4 is 4.90 Å². The van der Waals surface area contributed by atoms with E-state index in [1.165, 1.54) is 23.5 Å². The molecule has 0 saturated heterocycles. The Morgan fingerprint density at radius 2 is 1.89 bits per heavy atom. The Morgan fingerprint density at radius 3 is 2.37 bits per heavy atom. The highest BCUT2D eigenvalue weighted by Gasteiger charge is 2.16. The highest BCUT2D eigenvalue weighted by Crippen LogP contribution is 2.28. The Kier molecular flexibility index (Phi) is 4.81. The Morgan fingerprint density at radius 1 is 1.26 bits per heavy atom. The second-order valence-electron chi connectivity index (χ2n) is 4.10. The van der Waals surface area contributed by atoms with Gasteiger partial charge in [0.2, 0.25) is 0 Å². The lowest BCUT2D eigenvalue weighted by molar-refractivity contribution is 0.575. The minimum absolute atomic E-state index is 0.0192. The topological polar surface area (TPSA) is 3.24 Å². The van der Waals surface area contributed by atoms with Gasteiger partial charge in [-0.15, -0.1) is 11.3 Å². The summed E-state index contributed by atoms with van der Waals surface area (Å²) in [6, 6.07) is 6.30. The van der Waals surface area contributed by atoms with E-state index in [1.54, 1.807) is 18.0 Å². The highest BCUT2D eigenvalue weighted by atomic mass is 79.9. The van der Waals surface area contributed by atoms with Gasteiger partial charge in [0.15, 0.2) is 0 Å². The number of rotatable bonds is 4. The van der Waals surface area contributed by atoms with E-state index in [2.05, 4.69) is 15.9 Å². The lowest BCUT2D eigenvalue weighted by Crippen LogP contribution is -2.18. The molecule has 0 spiro atoms. The number of benzene rings is 1. The van der Waals surface area contributed by atoms with Gasteiger partial charge in [-0.25, -0.2) is 8.78 Å². The van der Waals surface area contributed by atoms with Gasteiger partial charge >= 0.3 is 0 Å². The monoisotopic (exact) mass is 365 g/mol. The number of alkyl halides is 1.